The lowest BCUT2D eigenvalue weighted by Crippen LogP contribution is -2.42. The van der Waals surface area contributed by atoms with E-state index in [2.05, 4.69) is 22.2 Å². The third kappa shape index (κ3) is 2.72. The molecule has 0 aromatic heterocycles. The number of likely N-dealkylation sites (tertiary alicyclic amines) is 1. The highest BCUT2D eigenvalue weighted by Crippen LogP contribution is 2.28. The van der Waals surface area contributed by atoms with Crippen LogP contribution in [0.2, 0.25) is 0 Å². The molecule has 2 amide bonds. The van der Waals surface area contributed by atoms with E-state index in [1.54, 1.807) is 0 Å². The number of nitrogens with one attached hydrogen (secondary N) is 1. The van der Waals surface area contributed by atoms with Gasteiger partial charge in [-0.05, 0) is 51.6 Å². The van der Waals surface area contributed by atoms with Gasteiger partial charge in [0.05, 0.1) is 6.04 Å². The van der Waals surface area contributed by atoms with Gasteiger partial charge >= 0.3 is 6.03 Å². The van der Waals surface area contributed by atoms with Crippen molar-refractivity contribution in [2.75, 3.05) is 26.7 Å². The van der Waals surface area contributed by atoms with Crippen molar-refractivity contribution in [3.05, 3.63) is 0 Å². The Bertz CT molecular complexity index is 340. The minimum absolute atomic E-state index is 0.153. The summed E-state index contributed by atoms with van der Waals surface area (Å²) in [6.07, 6.45) is 5.49. The number of carbonyl (C=O) groups excluding carboxylic acids is 1. The lowest BCUT2D eigenvalue weighted by atomic mass is 9.90. The molecular weight excluding hydrogens is 240 g/mol. The van der Waals surface area contributed by atoms with Gasteiger partial charge in [-0.3, -0.25) is 0 Å². The average Bonchev–Trinajstić information content (AvgIpc) is 2.97. The molecule has 3 aliphatic rings. The van der Waals surface area contributed by atoms with E-state index in [9.17, 15) is 4.79 Å². The van der Waals surface area contributed by atoms with E-state index in [1.807, 2.05) is 0 Å². The second kappa shape index (κ2) is 5.29. The predicted molar refractivity (Wildman–Crippen MR) is 74.9 cm³/mol. The zero-order valence-electron chi connectivity index (χ0n) is 11.8. The molecule has 2 unspecified atom stereocenters. The highest BCUT2D eigenvalue weighted by molar-refractivity contribution is 5.77. The summed E-state index contributed by atoms with van der Waals surface area (Å²) in [6, 6.07) is 1.28. The van der Waals surface area contributed by atoms with Gasteiger partial charge in [0.25, 0.3) is 0 Å². The van der Waals surface area contributed by atoms with Gasteiger partial charge in [0, 0.05) is 25.2 Å². The maximum Gasteiger partial charge on any atom is 0.318 e. The van der Waals surface area contributed by atoms with E-state index in [1.165, 1.54) is 6.42 Å². The van der Waals surface area contributed by atoms with Gasteiger partial charge in [-0.2, -0.15) is 0 Å². The average molecular weight is 266 g/mol. The van der Waals surface area contributed by atoms with Crippen LogP contribution >= 0.6 is 0 Å². The Balaban J connectivity index is 1.57. The molecule has 0 spiro atoms. The molecule has 19 heavy (non-hydrogen) atoms. The van der Waals surface area contributed by atoms with Gasteiger partial charge in [0.2, 0.25) is 0 Å². The molecule has 0 aromatic rings. The fourth-order valence-electron chi connectivity index (χ4n) is 3.87. The summed E-state index contributed by atoms with van der Waals surface area (Å²) in [5.41, 5.74) is 5.95. The van der Waals surface area contributed by atoms with Crippen molar-refractivity contribution in [2.24, 2.45) is 11.7 Å². The summed E-state index contributed by atoms with van der Waals surface area (Å²) in [4.78, 5) is 16.6. The molecule has 2 aliphatic heterocycles. The molecule has 0 aromatic carbocycles. The molecule has 5 nitrogen and oxygen atoms in total. The smallest absolute Gasteiger partial charge is 0.318 e. The third-order valence-corrected chi connectivity index (χ3v) is 5.14. The second-order valence-electron chi connectivity index (χ2n) is 6.59. The standard InChI is InChI=1S/C14H26N4O/c1-17-7-6-10(8-17)13-9-18(14(19)16-13)12-4-2-11(15)3-5-12/h10-13H,2-9,15H2,1H3,(H,16,19). The normalized spacial score (nSPS) is 40.7. The van der Waals surface area contributed by atoms with Gasteiger partial charge in [0.1, 0.15) is 0 Å². The molecule has 2 heterocycles. The van der Waals surface area contributed by atoms with Crippen molar-refractivity contribution in [3.63, 3.8) is 0 Å². The zero-order chi connectivity index (χ0) is 13.4. The van der Waals surface area contributed by atoms with Gasteiger partial charge in [-0.1, -0.05) is 0 Å². The van der Waals surface area contributed by atoms with E-state index in [0.717, 1.165) is 45.3 Å². The minimum Gasteiger partial charge on any atom is -0.333 e. The predicted octanol–water partition coefficient (Wildman–Crippen LogP) is 0.602. The molecule has 3 N–H and O–H groups in total. The van der Waals surface area contributed by atoms with E-state index in [-0.39, 0.29) is 6.03 Å². The monoisotopic (exact) mass is 266 g/mol. The number of rotatable bonds is 2. The summed E-state index contributed by atoms with van der Waals surface area (Å²) in [5, 5.41) is 3.20. The van der Waals surface area contributed by atoms with E-state index in [4.69, 9.17) is 5.73 Å². The summed E-state index contributed by atoms with van der Waals surface area (Å²) >= 11 is 0. The Morgan fingerprint density at radius 3 is 2.53 bits per heavy atom. The van der Waals surface area contributed by atoms with E-state index >= 15 is 0 Å². The molecule has 0 bridgehead atoms. The number of carbonyl (C=O) groups is 1. The molecule has 0 radical (unpaired) electrons. The van der Waals surface area contributed by atoms with Crippen LogP contribution in [0.1, 0.15) is 32.1 Å². The fraction of sp³-hybridized carbons (Fsp3) is 0.929. The molecule has 3 fully saturated rings. The molecule has 1 saturated carbocycles. The number of hydrogen-bond donors (Lipinski definition) is 2. The second-order valence-corrected chi connectivity index (χ2v) is 6.59. The van der Waals surface area contributed by atoms with Gasteiger partial charge in [0.15, 0.2) is 0 Å². The Labute approximate surface area is 115 Å². The lowest BCUT2D eigenvalue weighted by Gasteiger charge is -2.32. The number of amides is 2. The van der Waals surface area contributed by atoms with Crippen LogP contribution in [0.15, 0.2) is 0 Å². The first-order chi connectivity index (χ1) is 9.13. The van der Waals surface area contributed by atoms with Gasteiger partial charge < -0.3 is 20.9 Å². The van der Waals surface area contributed by atoms with Crippen molar-refractivity contribution in [2.45, 2.75) is 50.2 Å². The fourth-order valence-corrected chi connectivity index (χ4v) is 3.87. The van der Waals surface area contributed by atoms with Gasteiger partial charge in [-0.25, -0.2) is 4.79 Å². The highest BCUT2D eigenvalue weighted by Gasteiger charge is 2.39. The Morgan fingerprint density at radius 2 is 1.89 bits per heavy atom. The van der Waals surface area contributed by atoms with E-state index < -0.39 is 0 Å². The number of nitrogens with zero attached hydrogens (tertiary/aromatic N) is 2. The maximum atomic E-state index is 12.2. The molecular formula is C14H26N4O. The van der Waals surface area contributed by atoms with Crippen LogP contribution in [-0.2, 0) is 0 Å². The SMILES string of the molecule is CN1CCC(C2CN(C3CCC(N)CC3)C(=O)N2)C1. The van der Waals surface area contributed by atoms with Gasteiger partial charge in [-0.15, -0.1) is 0 Å². The lowest BCUT2D eigenvalue weighted by molar-refractivity contribution is 0.172. The van der Waals surface area contributed by atoms with Crippen LogP contribution in [0.3, 0.4) is 0 Å². The highest BCUT2D eigenvalue weighted by atomic mass is 16.2. The van der Waals surface area contributed by atoms with Crippen LogP contribution in [0.5, 0.6) is 0 Å². The Morgan fingerprint density at radius 1 is 1.16 bits per heavy atom. The first-order valence-electron chi connectivity index (χ1n) is 7.64. The van der Waals surface area contributed by atoms with Crippen LogP contribution in [0, 0.1) is 5.92 Å². The molecule has 2 saturated heterocycles. The summed E-state index contributed by atoms with van der Waals surface area (Å²) < 4.78 is 0. The summed E-state index contributed by atoms with van der Waals surface area (Å²) in [7, 11) is 2.16. The number of hydrogen-bond acceptors (Lipinski definition) is 3. The van der Waals surface area contributed by atoms with Crippen molar-refractivity contribution in [3.8, 4) is 0 Å². The first-order valence-corrected chi connectivity index (χ1v) is 7.64. The van der Waals surface area contributed by atoms with Crippen LogP contribution in [0.4, 0.5) is 4.79 Å². The topological polar surface area (TPSA) is 61.6 Å². The largest absolute Gasteiger partial charge is 0.333 e. The summed E-state index contributed by atoms with van der Waals surface area (Å²) in [5.74, 6) is 0.629. The van der Waals surface area contributed by atoms with Crippen molar-refractivity contribution in [1.29, 1.82) is 0 Å². The zero-order valence-corrected chi connectivity index (χ0v) is 11.8. The molecule has 3 rings (SSSR count). The third-order valence-electron chi connectivity index (χ3n) is 5.14. The maximum absolute atomic E-state index is 12.2. The summed E-state index contributed by atoms with van der Waals surface area (Å²) in [6.45, 7) is 3.18. The van der Waals surface area contributed by atoms with Crippen LogP contribution in [0.25, 0.3) is 0 Å². The van der Waals surface area contributed by atoms with Crippen molar-refractivity contribution < 1.29 is 4.79 Å². The molecule has 5 heteroatoms. The Kier molecular flexibility index (Phi) is 3.67. The number of urea groups is 1. The van der Waals surface area contributed by atoms with Crippen molar-refractivity contribution >= 4 is 6.03 Å². The van der Waals surface area contributed by atoms with Crippen LogP contribution in [-0.4, -0.2) is 60.6 Å². The van der Waals surface area contributed by atoms with Crippen molar-refractivity contribution in [1.82, 2.24) is 15.1 Å². The first kappa shape index (κ1) is 13.2. The number of nitrogens with two attached hydrogens (primary N) is 1. The quantitative estimate of drug-likeness (QED) is 0.769. The minimum atomic E-state index is 0.153. The van der Waals surface area contributed by atoms with E-state index in [0.29, 0.717) is 24.0 Å². The van der Waals surface area contributed by atoms with Crippen LogP contribution < -0.4 is 11.1 Å². The Hall–Kier alpha value is -0.810. The molecule has 108 valence electrons. The molecule has 1 aliphatic carbocycles. The molecule has 2 atom stereocenters.